The van der Waals surface area contributed by atoms with Crippen molar-refractivity contribution in [2.24, 2.45) is 7.05 Å². The number of aromatic amines is 1. The van der Waals surface area contributed by atoms with Gasteiger partial charge in [-0.3, -0.25) is 9.78 Å². The van der Waals surface area contributed by atoms with E-state index < -0.39 is 42.3 Å². The lowest BCUT2D eigenvalue weighted by molar-refractivity contribution is -0.0231. The van der Waals surface area contributed by atoms with Gasteiger partial charge >= 0.3 is 5.69 Å². The minimum atomic E-state index is -1.83. The van der Waals surface area contributed by atoms with Crippen LogP contribution >= 0.6 is 0 Å². The molecule has 2 unspecified atom stereocenters. The molecule has 1 saturated heterocycles. The van der Waals surface area contributed by atoms with Gasteiger partial charge < -0.3 is 19.5 Å². The van der Waals surface area contributed by atoms with E-state index in [0.29, 0.717) is 0 Å². The monoisotopic (exact) mass is 260 g/mol. The highest BCUT2D eigenvalue weighted by molar-refractivity contribution is 5.14. The molecular formula is C10H13FN2O5. The van der Waals surface area contributed by atoms with Gasteiger partial charge in [0, 0.05) is 13.2 Å². The van der Waals surface area contributed by atoms with E-state index in [2.05, 4.69) is 0 Å². The predicted molar refractivity (Wildman–Crippen MR) is 57.9 cm³/mol. The number of aromatic nitrogens is 2. The summed E-state index contributed by atoms with van der Waals surface area (Å²) >= 11 is 0. The van der Waals surface area contributed by atoms with Gasteiger partial charge in [-0.2, -0.15) is 0 Å². The number of aliphatic hydroxyl groups excluding tert-OH is 2. The summed E-state index contributed by atoms with van der Waals surface area (Å²) in [5.41, 5.74) is -1.49. The van der Waals surface area contributed by atoms with Gasteiger partial charge in [-0.05, 0) is 0 Å². The van der Waals surface area contributed by atoms with Gasteiger partial charge in [0.05, 0.1) is 12.2 Å². The Kier molecular flexibility index (Phi) is 3.33. The smallest absolute Gasteiger partial charge is 0.328 e. The number of aliphatic hydroxyl groups is 2. The molecule has 8 heteroatoms. The van der Waals surface area contributed by atoms with E-state index in [-0.39, 0.29) is 5.56 Å². The van der Waals surface area contributed by atoms with Crippen molar-refractivity contribution in [3.63, 3.8) is 0 Å². The maximum atomic E-state index is 13.8. The normalized spacial score (nSPS) is 31.8. The number of nitrogens with one attached hydrogen (secondary N) is 1. The molecule has 18 heavy (non-hydrogen) atoms. The first-order chi connectivity index (χ1) is 8.45. The van der Waals surface area contributed by atoms with Crippen molar-refractivity contribution in [1.82, 2.24) is 9.55 Å². The zero-order valence-electron chi connectivity index (χ0n) is 9.54. The van der Waals surface area contributed by atoms with Crippen LogP contribution in [0.4, 0.5) is 4.39 Å². The number of hydrogen-bond acceptors (Lipinski definition) is 5. The number of hydrogen-bond donors (Lipinski definition) is 3. The van der Waals surface area contributed by atoms with Crippen LogP contribution < -0.4 is 11.2 Å². The van der Waals surface area contributed by atoms with Crippen molar-refractivity contribution < 1.29 is 19.3 Å². The number of alkyl halides is 1. The number of H-pyrrole nitrogens is 1. The molecule has 7 nitrogen and oxygen atoms in total. The van der Waals surface area contributed by atoms with Gasteiger partial charge in [-0.15, -0.1) is 0 Å². The van der Waals surface area contributed by atoms with Crippen LogP contribution in [-0.4, -0.2) is 44.8 Å². The number of halogens is 1. The minimum absolute atomic E-state index is 0.0976. The maximum Gasteiger partial charge on any atom is 0.328 e. The van der Waals surface area contributed by atoms with Gasteiger partial charge in [0.2, 0.25) is 0 Å². The molecule has 0 aromatic carbocycles. The average molecular weight is 260 g/mol. The topological polar surface area (TPSA) is 105 Å². The first-order valence-corrected chi connectivity index (χ1v) is 5.34. The molecule has 2 rings (SSSR count). The molecule has 0 spiro atoms. The standard InChI is InChI=1S/C10H13FN2O5/c1-13-2-4(9(16)12-10(13)17)8-6(11)7(15)5(3-14)18-8/h2,5-8,14-15H,3H2,1H3,(H,12,16,17)/t5-,6?,7?,8+/m1/s1. The van der Waals surface area contributed by atoms with Crippen molar-refractivity contribution in [3.05, 3.63) is 32.6 Å². The second-order valence-electron chi connectivity index (χ2n) is 4.17. The zero-order chi connectivity index (χ0) is 13.4. The molecule has 3 N–H and O–H groups in total. The molecule has 0 bridgehead atoms. The lowest BCUT2D eigenvalue weighted by Crippen LogP contribution is -2.33. The largest absolute Gasteiger partial charge is 0.394 e. The lowest BCUT2D eigenvalue weighted by atomic mass is 10.1. The number of aryl methyl sites for hydroxylation is 1. The fraction of sp³-hybridized carbons (Fsp3) is 0.600. The third-order valence-corrected chi connectivity index (χ3v) is 2.94. The van der Waals surface area contributed by atoms with Crippen LogP contribution in [0.25, 0.3) is 0 Å². The lowest BCUT2D eigenvalue weighted by Gasteiger charge is -2.12. The Morgan fingerprint density at radius 2 is 2.22 bits per heavy atom. The highest BCUT2D eigenvalue weighted by Crippen LogP contribution is 2.33. The Hall–Kier alpha value is -1.51. The summed E-state index contributed by atoms with van der Waals surface area (Å²) in [5.74, 6) is 0. The van der Waals surface area contributed by atoms with Gasteiger partial charge in [0.25, 0.3) is 5.56 Å². The van der Waals surface area contributed by atoms with E-state index in [1.165, 1.54) is 7.05 Å². The highest BCUT2D eigenvalue weighted by Gasteiger charge is 2.45. The van der Waals surface area contributed by atoms with Crippen molar-refractivity contribution in [2.75, 3.05) is 6.61 Å². The molecule has 4 atom stereocenters. The second kappa shape index (κ2) is 4.63. The summed E-state index contributed by atoms with van der Waals surface area (Å²) in [7, 11) is 1.39. The molecule has 0 radical (unpaired) electrons. The molecule has 0 amide bonds. The number of rotatable bonds is 2. The first-order valence-electron chi connectivity index (χ1n) is 5.34. The molecule has 0 aliphatic carbocycles. The zero-order valence-corrected chi connectivity index (χ0v) is 9.54. The average Bonchev–Trinajstić information content (AvgIpc) is 2.61. The van der Waals surface area contributed by atoms with Crippen LogP contribution in [0, 0.1) is 0 Å². The van der Waals surface area contributed by atoms with E-state index in [4.69, 9.17) is 9.84 Å². The van der Waals surface area contributed by atoms with E-state index in [9.17, 15) is 19.1 Å². The summed E-state index contributed by atoms with van der Waals surface area (Å²) in [5, 5.41) is 18.4. The van der Waals surface area contributed by atoms with Crippen molar-refractivity contribution in [1.29, 1.82) is 0 Å². The van der Waals surface area contributed by atoms with E-state index >= 15 is 0 Å². The Bertz CT molecular complexity index is 554. The minimum Gasteiger partial charge on any atom is -0.394 e. The molecule has 1 aromatic heterocycles. The van der Waals surface area contributed by atoms with E-state index in [1.54, 1.807) is 0 Å². The van der Waals surface area contributed by atoms with Crippen LogP contribution in [0.2, 0.25) is 0 Å². The van der Waals surface area contributed by atoms with Crippen LogP contribution in [-0.2, 0) is 11.8 Å². The fourth-order valence-electron chi connectivity index (χ4n) is 1.91. The maximum absolute atomic E-state index is 13.8. The SMILES string of the molecule is Cn1cc([C@@H]2O[C@H](CO)C(O)C2F)c(=O)[nH]c1=O. The summed E-state index contributed by atoms with van der Waals surface area (Å²) < 4.78 is 20.0. The Balaban J connectivity index is 2.42. The molecular weight excluding hydrogens is 247 g/mol. The molecule has 1 aliphatic rings. The van der Waals surface area contributed by atoms with Crippen LogP contribution in [0.15, 0.2) is 15.8 Å². The van der Waals surface area contributed by atoms with Crippen molar-refractivity contribution in [2.45, 2.75) is 24.5 Å². The number of nitrogens with zero attached hydrogens (tertiary/aromatic N) is 1. The Morgan fingerprint density at radius 1 is 1.56 bits per heavy atom. The molecule has 1 fully saturated rings. The third-order valence-electron chi connectivity index (χ3n) is 2.94. The van der Waals surface area contributed by atoms with Crippen LogP contribution in [0.1, 0.15) is 11.7 Å². The van der Waals surface area contributed by atoms with Crippen molar-refractivity contribution >= 4 is 0 Å². The summed E-state index contributed by atoms with van der Waals surface area (Å²) in [4.78, 5) is 24.7. The van der Waals surface area contributed by atoms with Gasteiger partial charge in [0.1, 0.15) is 18.3 Å². The second-order valence-corrected chi connectivity index (χ2v) is 4.17. The molecule has 0 saturated carbocycles. The fourth-order valence-corrected chi connectivity index (χ4v) is 1.91. The first kappa shape index (κ1) is 12.9. The summed E-state index contributed by atoms with van der Waals surface area (Å²) in [6.07, 6.45) is -4.56. The quantitative estimate of drug-likeness (QED) is 0.582. The predicted octanol–water partition coefficient (Wildman–Crippen LogP) is -1.80. The van der Waals surface area contributed by atoms with Crippen molar-refractivity contribution in [3.8, 4) is 0 Å². The van der Waals surface area contributed by atoms with Crippen LogP contribution in [0.3, 0.4) is 0 Å². The van der Waals surface area contributed by atoms with E-state index in [0.717, 1.165) is 10.8 Å². The third kappa shape index (κ3) is 1.98. The van der Waals surface area contributed by atoms with Crippen LogP contribution in [0.5, 0.6) is 0 Å². The summed E-state index contributed by atoms with van der Waals surface area (Å²) in [6.45, 7) is -0.554. The summed E-state index contributed by atoms with van der Waals surface area (Å²) in [6, 6.07) is 0. The number of ether oxygens (including phenoxy) is 1. The highest BCUT2D eigenvalue weighted by atomic mass is 19.1. The van der Waals surface area contributed by atoms with E-state index in [1.807, 2.05) is 4.98 Å². The molecule has 100 valence electrons. The van der Waals surface area contributed by atoms with Gasteiger partial charge in [-0.1, -0.05) is 0 Å². The molecule has 2 heterocycles. The Morgan fingerprint density at radius 3 is 2.78 bits per heavy atom. The molecule has 1 aliphatic heterocycles. The van der Waals surface area contributed by atoms with Gasteiger partial charge in [-0.25, -0.2) is 9.18 Å². The molecule has 1 aromatic rings. The Labute approximate surface area is 100 Å². The van der Waals surface area contributed by atoms with Gasteiger partial charge in [0.15, 0.2) is 6.17 Å².